The molecule has 0 spiro atoms. The summed E-state index contributed by atoms with van der Waals surface area (Å²) in [7, 11) is -3.38. The summed E-state index contributed by atoms with van der Waals surface area (Å²) >= 11 is 0. The molecule has 0 aliphatic heterocycles. The lowest BCUT2D eigenvalue weighted by Gasteiger charge is -2.22. The van der Waals surface area contributed by atoms with Crippen molar-refractivity contribution >= 4 is 16.0 Å². The molecular weight excluding hydrogens is 551 g/mol. The van der Waals surface area contributed by atoms with Crippen LogP contribution in [-0.2, 0) is 34.2 Å². The van der Waals surface area contributed by atoms with E-state index < -0.39 is 26.8 Å². The first-order valence-electron chi connectivity index (χ1n) is 11.8. The third-order valence-electron chi connectivity index (χ3n) is 5.64. The van der Waals surface area contributed by atoms with Crippen molar-refractivity contribution in [2.75, 3.05) is 13.7 Å². The standard InChI is InChI=1S/C28H24F3NO7S/c1-36-25-13-12-20(15-26(25)39-40(34,35)24-11-5-7-21(16-24)28(29,30)31)17-32(18-23-10-6-14-37-23)27(33)19-38-22-8-3-2-4-9-22/h2-16H,17-19H2,1H3. The fourth-order valence-electron chi connectivity index (χ4n) is 3.68. The average molecular weight is 576 g/mol. The molecule has 1 aromatic heterocycles. The summed E-state index contributed by atoms with van der Waals surface area (Å²) in [6.45, 7) is -0.176. The van der Waals surface area contributed by atoms with Gasteiger partial charge in [0.25, 0.3) is 5.91 Å². The molecule has 4 aromatic rings. The fraction of sp³-hybridized carbons (Fsp3) is 0.179. The van der Waals surface area contributed by atoms with Crippen molar-refractivity contribution in [2.24, 2.45) is 0 Å². The van der Waals surface area contributed by atoms with E-state index in [-0.39, 0.29) is 37.1 Å². The van der Waals surface area contributed by atoms with E-state index in [1.54, 1.807) is 42.5 Å². The van der Waals surface area contributed by atoms with Crippen molar-refractivity contribution in [3.63, 3.8) is 0 Å². The predicted molar refractivity (Wildman–Crippen MR) is 137 cm³/mol. The number of furan rings is 1. The minimum atomic E-state index is -4.74. The Morgan fingerprint density at radius 2 is 1.68 bits per heavy atom. The Morgan fingerprint density at radius 1 is 0.900 bits per heavy atom. The molecule has 0 atom stereocenters. The lowest BCUT2D eigenvalue weighted by Crippen LogP contribution is -2.34. The van der Waals surface area contributed by atoms with E-state index >= 15 is 0 Å². The third-order valence-corrected chi connectivity index (χ3v) is 6.87. The fourth-order valence-corrected chi connectivity index (χ4v) is 4.65. The van der Waals surface area contributed by atoms with Gasteiger partial charge in [-0.1, -0.05) is 30.3 Å². The summed E-state index contributed by atoms with van der Waals surface area (Å²) in [5.41, 5.74) is -0.683. The van der Waals surface area contributed by atoms with E-state index in [1.165, 1.54) is 30.4 Å². The zero-order chi connectivity index (χ0) is 28.8. The second-order valence-corrected chi connectivity index (χ2v) is 10.0. The quantitative estimate of drug-likeness (QED) is 0.212. The first-order valence-corrected chi connectivity index (χ1v) is 13.2. The molecule has 0 aliphatic carbocycles. The van der Waals surface area contributed by atoms with Crippen molar-refractivity contribution in [3.8, 4) is 17.2 Å². The van der Waals surface area contributed by atoms with Crippen LogP contribution in [0.3, 0.4) is 0 Å². The summed E-state index contributed by atoms with van der Waals surface area (Å²) in [6, 6.07) is 19.7. The van der Waals surface area contributed by atoms with Crippen LogP contribution >= 0.6 is 0 Å². The molecule has 0 bridgehead atoms. The Kier molecular flexibility index (Phi) is 8.68. The van der Waals surface area contributed by atoms with Gasteiger partial charge in [0.1, 0.15) is 16.4 Å². The monoisotopic (exact) mass is 575 g/mol. The number of halogens is 3. The molecule has 8 nitrogen and oxygen atoms in total. The van der Waals surface area contributed by atoms with Gasteiger partial charge in [0, 0.05) is 6.54 Å². The number of carbonyl (C=O) groups excluding carboxylic acids is 1. The van der Waals surface area contributed by atoms with E-state index in [0.29, 0.717) is 23.1 Å². The normalized spacial score (nSPS) is 11.6. The van der Waals surface area contributed by atoms with E-state index in [1.807, 2.05) is 6.07 Å². The van der Waals surface area contributed by atoms with Gasteiger partial charge in [-0.3, -0.25) is 4.79 Å². The molecule has 0 fully saturated rings. The van der Waals surface area contributed by atoms with Gasteiger partial charge in [0.2, 0.25) is 0 Å². The van der Waals surface area contributed by atoms with Crippen LogP contribution in [0.1, 0.15) is 16.9 Å². The lowest BCUT2D eigenvalue weighted by molar-refractivity contribution is -0.137. The van der Waals surface area contributed by atoms with E-state index in [2.05, 4.69) is 0 Å². The molecule has 0 saturated heterocycles. The van der Waals surface area contributed by atoms with Gasteiger partial charge in [-0.05, 0) is 60.2 Å². The van der Waals surface area contributed by atoms with E-state index in [0.717, 1.165) is 18.2 Å². The molecule has 0 aliphatic rings. The maximum atomic E-state index is 13.1. The molecule has 0 N–H and O–H groups in total. The number of hydrogen-bond acceptors (Lipinski definition) is 7. The molecule has 4 rings (SSSR count). The largest absolute Gasteiger partial charge is 0.493 e. The third kappa shape index (κ3) is 7.35. The number of methoxy groups -OCH3 is 1. The van der Waals surface area contributed by atoms with Crippen LogP contribution in [0, 0.1) is 0 Å². The Labute approximate surface area is 228 Å². The number of amides is 1. The van der Waals surface area contributed by atoms with Gasteiger partial charge in [0.05, 0.1) is 25.5 Å². The minimum Gasteiger partial charge on any atom is -0.493 e. The number of alkyl halides is 3. The van der Waals surface area contributed by atoms with Crippen molar-refractivity contribution in [1.29, 1.82) is 0 Å². The zero-order valence-electron chi connectivity index (χ0n) is 21.1. The number of benzene rings is 3. The first-order chi connectivity index (χ1) is 19.0. The predicted octanol–water partition coefficient (Wildman–Crippen LogP) is 5.68. The number of carbonyl (C=O) groups is 1. The maximum absolute atomic E-state index is 13.1. The minimum absolute atomic E-state index is 0.00163. The second-order valence-electron chi connectivity index (χ2n) is 8.48. The van der Waals surface area contributed by atoms with Crippen LogP contribution in [0.15, 0.2) is 101 Å². The highest BCUT2D eigenvalue weighted by molar-refractivity contribution is 7.87. The Hall–Kier alpha value is -4.45. The molecule has 3 aromatic carbocycles. The molecule has 0 unspecified atom stereocenters. The van der Waals surface area contributed by atoms with Crippen LogP contribution in [0.25, 0.3) is 0 Å². The molecule has 0 radical (unpaired) electrons. The van der Waals surface area contributed by atoms with Crippen LogP contribution in [0.2, 0.25) is 0 Å². The summed E-state index contributed by atoms with van der Waals surface area (Å²) in [5, 5.41) is 0. The summed E-state index contributed by atoms with van der Waals surface area (Å²) in [4.78, 5) is 13.9. The van der Waals surface area contributed by atoms with Gasteiger partial charge in [-0.2, -0.15) is 21.6 Å². The van der Waals surface area contributed by atoms with Crippen molar-refractivity contribution < 1.29 is 44.5 Å². The van der Waals surface area contributed by atoms with Crippen molar-refractivity contribution in [2.45, 2.75) is 24.2 Å². The van der Waals surface area contributed by atoms with Crippen LogP contribution in [-0.4, -0.2) is 32.9 Å². The highest BCUT2D eigenvalue weighted by atomic mass is 32.2. The Balaban J connectivity index is 1.57. The van der Waals surface area contributed by atoms with Crippen LogP contribution in [0.4, 0.5) is 13.2 Å². The summed E-state index contributed by atoms with van der Waals surface area (Å²) in [5.74, 6) is 0.396. The van der Waals surface area contributed by atoms with Gasteiger partial charge in [-0.15, -0.1) is 0 Å². The number of rotatable bonds is 11. The molecule has 210 valence electrons. The molecule has 12 heteroatoms. The SMILES string of the molecule is COc1ccc(CN(Cc2ccco2)C(=O)COc2ccccc2)cc1OS(=O)(=O)c1cccc(C(F)(F)F)c1. The molecule has 40 heavy (non-hydrogen) atoms. The maximum Gasteiger partial charge on any atom is 0.416 e. The summed E-state index contributed by atoms with van der Waals surface area (Å²) < 4.78 is 86.5. The highest BCUT2D eigenvalue weighted by Crippen LogP contribution is 2.34. The van der Waals surface area contributed by atoms with Gasteiger partial charge in [0.15, 0.2) is 18.1 Å². The topological polar surface area (TPSA) is 95.3 Å². The molecule has 1 heterocycles. The second kappa shape index (κ2) is 12.2. The van der Waals surface area contributed by atoms with Crippen molar-refractivity contribution in [3.05, 3.63) is 108 Å². The molecule has 1 amide bonds. The van der Waals surface area contributed by atoms with Crippen LogP contribution < -0.4 is 13.7 Å². The van der Waals surface area contributed by atoms with Gasteiger partial charge < -0.3 is 23.0 Å². The van der Waals surface area contributed by atoms with E-state index in [9.17, 15) is 26.4 Å². The number of nitrogens with zero attached hydrogens (tertiary/aromatic N) is 1. The Bertz CT molecular complexity index is 1540. The van der Waals surface area contributed by atoms with Gasteiger partial charge in [-0.25, -0.2) is 0 Å². The number of ether oxygens (including phenoxy) is 2. The van der Waals surface area contributed by atoms with Gasteiger partial charge >= 0.3 is 16.3 Å². The number of para-hydroxylation sites is 1. The Morgan fingerprint density at radius 3 is 2.35 bits per heavy atom. The summed E-state index contributed by atoms with van der Waals surface area (Å²) in [6.07, 6.45) is -3.27. The lowest BCUT2D eigenvalue weighted by atomic mass is 10.2. The van der Waals surface area contributed by atoms with Crippen molar-refractivity contribution in [1.82, 2.24) is 4.90 Å². The van der Waals surface area contributed by atoms with Crippen LogP contribution in [0.5, 0.6) is 17.2 Å². The smallest absolute Gasteiger partial charge is 0.416 e. The van der Waals surface area contributed by atoms with E-state index in [4.69, 9.17) is 18.1 Å². The number of hydrogen-bond donors (Lipinski definition) is 0. The molecular formula is C28H24F3NO7S. The first kappa shape index (κ1) is 28.6. The molecule has 0 saturated carbocycles. The highest BCUT2D eigenvalue weighted by Gasteiger charge is 2.32. The average Bonchev–Trinajstić information content (AvgIpc) is 3.45. The zero-order valence-corrected chi connectivity index (χ0v) is 21.9.